The van der Waals surface area contributed by atoms with Crippen molar-refractivity contribution < 1.29 is 4.74 Å². The van der Waals surface area contributed by atoms with Crippen LogP contribution in [0.4, 0.5) is 0 Å². The first kappa shape index (κ1) is 9.71. The molecular weight excluding hydrogens is 170 g/mol. The Morgan fingerprint density at radius 2 is 2.50 bits per heavy atom. The van der Waals surface area contributed by atoms with Crippen LogP contribution in [0.2, 0.25) is 0 Å². The minimum absolute atomic E-state index is 0.439. The van der Waals surface area contributed by atoms with E-state index in [9.17, 15) is 0 Å². The minimum Gasteiger partial charge on any atom is -0.383 e. The Bertz CT molecular complexity index is 198. The first-order valence-electron chi connectivity index (χ1n) is 4.05. The maximum atomic E-state index is 5.09. The molecule has 0 amide bonds. The van der Waals surface area contributed by atoms with Crippen molar-refractivity contribution in [1.82, 2.24) is 5.32 Å². The van der Waals surface area contributed by atoms with Crippen LogP contribution in [-0.2, 0) is 11.2 Å². The van der Waals surface area contributed by atoms with Crippen LogP contribution in [0.15, 0.2) is 17.5 Å². The quantitative estimate of drug-likeness (QED) is 0.751. The topological polar surface area (TPSA) is 21.3 Å². The molecule has 0 saturated carbocycles. The van der Waals surface area contributed by atoms with Crippen LogP contribution in [0.5, 0.6) is 0 Å². The highest BCUT2D eigenvalue weighted by Gasteiger charge is 2.06. The van der Waals surface area contributed by atoms with Crippen molar-refractivity contribution in [1.29, 1.82) is 0 Å². The van der Waals surface area contributed by atoms with Crippen molar-refractivity contribution >= 4 is 11.3 Å². The molecule has 1 aromatic heterocycles. The molecule has 0 aromatic carbocycles. The van der Waals surface area contributed by atoms with Gasteiger partial charge in [0.2, 0.25) is 0 Å². The molecule has 1 heterocycles. The second kappa shape index (κ2) is 5.30. The smallest absolute Gasteiger partial charge is 0.0619 e. The summed E-state index contributed by atoms with van der Waals surface area (Å²) in [6.07, 6.45) is 1.06. The third kappa shape index (κ3) is 2.93. The van der Waals surface area contributed by atoms with Crippen molar-refractivity contribution in [3.05, 3.63) is 22.4 Å². The first-order valence-corrected chi connectivity index (χ1v) is 4.93. The normalized spacial score (nSPS) is 13.2. The lowest BCUT2D eigenvalue weighted by Crippen LogP contribution is -2.31. The fraction of sp³-hybridized carbons (Fsp3) is 0.556. The van der Waals surface area contributed by atoms with E-state index in [-0.39, 0.29) is 0 Å². The number of ether oxygens (including phenoxy) is 1. The third-order valence-corrected chi connectivity index (χ3v) is 2.70. The van der Waals surface area contributed by atoms with E-state index in [0.717, 1.165) is 13.0 Å². The van der Waals surface area contributed by atoms with E-state index in [1.54, 1.807) is 18.4 Å². The average molecular weight is 185 g/mol. The second-order valence-corrected chi connectivity index (χ2v) is 3.76. The molecule has 3 heteroatoms. The van der Waals surface area contributed by atoms with Crippen LogP contribution in [0, 0.1) is 0 Å². The summed E-state index contributed by atoms with van der Waals surface area (Å²) in [5.41, 5.74) is 0. The van der Waals surface area contributed by atoms with Gasteiger partial charge in [-0.3, -0.25) is 0 Å². The molecule has 1 unspecified atom stereocenters. The highest BCUT2D eigenvalue weighted by atomic mass is 32.1. The van der Waals surface area contributed by atoms with Gasteiger partial charge in [-0.1, -0.05) is 6.07 Å². The van der Waals surface area contributed by atoms with Gasteiger partial charge in [-0.2, -0.15) is 0 Å². The van der Waals surface area contributed by atoms with Gasteiger partial charge in [0.1, 0.15) is 0 Å². The summed E-state index contributed by atoms with van der Waals surface area (Å²) in [6.45, 7) is 0.772. The molecule has 1 rings (SSSR count). The number of hydrogen-bond acceptors (Lipinski definition) is 3. The summed E-state index contributed by atoms with van der Waals surface area (Å²) < 4.78 is 5.09. The van der Waals surface area contributed by atoms with E-state index in [4.69, 9.17) is 4.74 Å². The number of methoxy groups -OCH3 is 1. The summed E-state index contributed by atoms with van der Waals surface area (Å²) in [4.78, 5) is 1.41. The maximum Gasteiger partial charge on any atom is 0.0619 e. The molecule has 1 atom stereocenters. The molecule has 0 fully saturated rings. The maximum absolute atomic E-state index is 5.09. The molecule has 68 valence electrons. The Kier molecular flexibility index (Phi) is 4.29. The Balaban J connectivity index is 2.37. The van der Waals surface area contributed by atoms with Crippen molar-refractivity contribution in [3.63, 3.8) is 0 Å². The predicted molar refractivity (Wildman–Crippen MR) is 52.7 cm³/mol. The average Bonchev–Trinajstić information content (AvgIpc) is 2.56. The summed E-state index contributed by atoms with van der Waals surface area (Å²) in [5, 5.41) is 5.33. The molecule has 0 spiro atoms. The SMILES string of the molecule is CNC(COC)Cc1cccs1. The lowest BCUT2D eigenvalue weighted by molar-refractivity contribution is 0.169. The molecule has 0 aliphatic carbocycles. The monoisotopic (exact) mass is 185 g/mol. The standard InChI is InChI=1S/C9H15NOS/c1-10-8(7-11-2)6-9-4-3-5-12-9/h3-5,8,10H,6-7H2,1-2H3. The van der Waals surface area contributed by atoms with E-state index < -0.39 is 0 Å². The molecule has 0 aliphatic heterocycles. The first-order chi connectivity index (χ1) is 5.86. The molecular formula is C9H15NOS. The lowest BCUT2D eigenvalue weighted by atomic mass is 10.2. The summed E-state index contributed by atoms with van der Waals surface area (Å²) in [6, 6.07) is 4.68. The highest BCUT2D eigenvalue weighted by molar-refractivity contribution is 7.09. The fourth-order valence-electron chi connectivity index (χ4n) is 1.12. The molecule has 12 heavy (non-hydrogen) atoms. The summed E-state index contributed by atoms with van der Waals surface area (Å²) in [5.74, 6) is 0. The predicted octanol–water partition coefficient (Wildman–Crippen LogP) is 1.52. The van der Waals surface area contributed by atoms with Crippen LogP contribution in [0.25, 0.3) is 0 Å². The van der Waals surface area contributed by atoms with Crippen molar-refractivity contribution in [2.45, 2.75) is 12.5 Å². The van der Waals surface area contributed by atoms with Crippen molar-refractivity contribution in [2.75, 3.05) is 20.8 Å². The summed E-state index contributed by atoms with van der Waals surface area (Å²) in [7, 11) is 3.70. The van der Waals surface area contributed by atoms with Gasteiger partial charge in [-0.15, -0.1) is 11.3 Å². The molecule has 1 N–H and O–H groups in total. The van der Waals surface area contributed by atoms with Crippen molar-refractivity contribution in [3.8, 4) is 0 Å². The van der Waals surface area contributed by atoms with Crippen LogP contribution >= 0.6 is 11.3 Å². The van der Waals surface area contributed by atoms with Crippen molar-refractivity contribution in [2.24, 2.45) is 0 Å². The van der Waals surface area contributed by atoms with E-state index in [2.05, 4.69) is 22.8 Å². The largest absolute Gasteiger partial charge is 0.383 e. The van der Waals surface area contributed by atoms with E-state index >= 15 is 0 Å². The Morgan fingerprint density at radius 1 is 1.67 bits per heavy atom. The van der Waals surface area contributed by atoms with Gasteiger partial charge in [0, 0.05) is 18.0 Å². The number of nitrogens with one attached hydrogen (secondary N) is 1. The molecule has 0 bridgehead atoms. The van der Waals surface area contributed by atoms with Crippen LogP contribution in [-0.4, -0.2) is 26.8 Å². The van der Waals surface area contributed by atoms with Gasteiger partial charge in [-0.25, -0.2) is 0 Å². The van der Waals surface area contributed by atoms with Crippen LogP contribution < -0.4 is 5.32 Å². The van der Waals surface area contributed by atoms with Gasteiger partial charge in [0.15, 0.2) is 0 Å². The zero-order chi connectivity index (χ0) is 8.81. The third-order valence-electron chi connectivity index (χ3n) is 1.80. The highest BCUT2D eigenvalue weighted by Crippen LogP contribution is 2.10. The van der Waals surface area contributed by atoms with Gasteiger partial charge in [0.25, 0.3) is 0 Å². The van der Waals surface area contributed by atoms with E-state index in [0.29, 0.717) is 6.04 Å². The second-order valence-electron chi connectivity index (χ2n) is 2.72. The van der Waals surface area contributed by atoms with Gasteiger partial charge in [-0.05, 0) is 24.9 Å². The number of thiophene rings is 1. The Hall–Kier alpha value is -0.380. The zero-order valence-electron chi connectivity index (χ0n) is 7.54. The van der Waals surface area contributed by atoms with Gasteiger partial charge >= 0.3 is 0 Å². The van der Waals surface area contributed by atoms with Crippen LogP contribution in [0.1, 0.15) is 4.88 Å². The molecule has 0 radical (unpaired) electrons. The molecule has 0 saturated heterocycles. The summed E-state index contributed by atoms with van der Waals surface area (Å²) >= 11 is 1.80. The van der Waals surface area contributed by atoms with E-state index in [1.807, 2.05) is 7.05 Å². The molecule has 2 nitrogen and oxygen atoms in total. The number of rotatable bonds is 5. The Labute approximate surface area is 77.6 Å². The van der Waals surface area contributed by atoms with Gasteiger partial charge < -0.3 is 10.1 Å². The Morgan fingerprint density at radius 3 is 3.00 bits per heavy atom. The molecule has 0 aliphatic rings. The van der Waals surface area contributed by atoms with Crippen LogP contribution in [0.3, 0.4) is 0 Å². The lowest BCUT2D eigenvalue weighted by Gasteiger charge is -2.13. The van der Waals surface area contributed by atoms with E-state index in [1.165, 1.54) is 4.88 Å². The zero-order valence-corrected chi connectivity index (χ0v) is 8.36. The number of hydrogen-bond donors (Lipinski definition) is 1. The minimum atomic E-state index is 0.439. The fourth-order valence-corrected chi connectivity index (χ4v) is 1.90. The molecule has 1 aromatic rings. The number of likely N-dealkylation sites (N-methyl/N-ethyl adjacent to an activating group) is 1. The van der Waals surface area contributed by atoms with Gasteiger partial charge in [0.05, 0.1) is 6.61 Å².